The number of hydrogen-bond acceptors (Lipinski definition) is 4. The Kier molecular flexibility index (Phi) is 3.14. The van der Waals surface area contributed by atoms with Gasteiger partial charge in [0.2, 0.25) is 0 Å². The highest BCUT2D eigenvalue weighted by atomic mass is 32.1. The van der Waals surface area contributed by atoms with E-state index in [1.165, 1.54) is 0 Å². The van der Waals surface area contributed by atoms with E-state index in [9.17, 15) is 4.79 Å². The Morgan fingerprint density at radius 2 is 2.50 bits per heavy atom. The van der Waals surface area contributed by atoms with Crippen LogP contribution in [0.25, 0.3) is 0 Å². The lowest BCUT2D eigenvalue weighted by Crippen LogP contribution is -2.32. The van der Waals surface area contributed by atoms with Crippen molar-refractivity contribution in [2.24, 2.45) is 5.92 Å². The summed E-state index contributed by atoms with van der Waals surface area (Å²) in [4.78, 5) is 17.6. The summed E-state index contributed by atoms with van der Waals surface area (Å²) in [6, 6.07) is 0.0494. The van der Waals surface area contributed by atoms with E-state index in [1.807, 2.05) is 6.92 Å². The molecule has 1 N–H and O–H groups in total. The Balaban J connectivity index is 2.14. The maximum Gasteiger partial charge on any atom is 0.308 e. The lowest BCUT2D eigenvalue weighted by molar-refractivity contribution is -0.141. The molecule has 0 aliphatic carbocycles. The fourth-order valence-corrected chi connectivity index (χ4v) is 3.15. The Morgan fingerprint density at radius 3 is 3.00 bits per heavy atom. The monoisotopic (exact) mass is 240 g/mol. The van der Waals surface area contributed by atoms with Gasteiger partial charge in [0, 0.05) is 18.0 Å². The summed E-state index contributed by atoms with van der Waals surface area (Å²) >= 11 is 1.61. The maximum absolute atomic E-state index is 11.0. The normalized spacial score (nSPS) is 25.0. The number of carboxylic acid groups (broad SMARTS) is 1. The van der Waals surface area contributed by atoms with E-state index in [0.717, 1.165) is 30.2 Å². The van der Waals surface area contributed by atoms with Gasteiger partial charge in [-0.1, -0.05) is 6.92 Å². The Bertz CT molecular complexity index is 391. The van der Waals surface area contributed by atoms with Crippen molar-refractivity contribution < 1.29 is 9.90 Å². The quantitative estimate of drug-likeness (QED) is 0.878. The van der Waals surface area contributed by atoms with Crippen molar-refractivity contribution in [1.82, 2.24) is 4.98 Å². The molecule has 2 heterocycles. The lowest BCUT2D eigenvalue weighted by Gasteiger charge is -2.22. The second-order valence-corrected chi connectivity index (χ2v) is 4.98. The zero-order valence-electron chi connectivity index (χ0n) is 9.51. The molecule has 0 amide bonds. The predicted molar refractivity (Wildman–Crippen MR) is 64.0 cm³/mol. The van der Waals surface area contributed by atoms with Crippen molar-refractivity contribution in [3.63, 3.8) is 0 Å². The number of aliphatic carboxylic acids is 1. The van der Waals surface area contributed by atoms with Gasteiger partial charge in [0.1, 0.15) is 0 Å². The van der Waals surface area contributed by atoms with Crippen LogP contribution in [-0.4, -0.2) is 28.6 Å². The van der Waals surface area contributed by atoms with Crippen LogP contribution in [0.15, 0.2) is 5.38 Å². The van der Waals surface area contributed by atoms with Gasteiger partial charge in [-0.2, -0.15) is 0 Å². The van der Waals surface area contributed by atoms with Crippen LogP contribution in [0.1, 0.15) is 26.0 Å². The number of carboxylic acids is 1. The molecule has 5 heteroatoms. The Morgan fingerprint density at radius 1 is 1.75 bits per heavy atom. The number of aromatic nitrogens is 1. The topological polar surface area (TPSA) is 53.4 Å². The van der Waals surface area contributed by atoms with Crippen LogP contribution in [0.5, 0.6) is 0 Å². The molecule has 2 atom stereocenters. The van der Waals surface area contributed by atoms with E-state index >= 15 is 0 Å². The molecule has 0 aromatic carbocycles. The van der Waals surface area contributed by atoms with Gasteiger partial charge in [-0.25, -0.2) is 4.98 Å². The molecule has 1 aliphatic rings. The summed E-state index contributed by atoms with van der Waals surface area (Å²) < 4.78 is 0. The zero-order valence-corrected chi connectivity index (χ0v) is 10.3. The molecule has 1 aromatic heterocycles. The third kappa shape index (κ3) is 1.91. The summed E-state index contributed by atoms with van der Waals surface area (Å²) in [7, 11) is 0. The Hall–Kier alpha value is -1.10. The third-order valence-electron chi connectivity index (χ3n) is 3.22. The minimum atomic E-state index is -0.692. The molecule has 1 aliphatic heterocycles. The molecule has 0 saturated carbocycles. The fourth-order valence-electron chi connectivity index (χ4n) is 2.13. The smallest absolute Gasteiger partial charge is 0.308 e. The van der Waals surface area contributed by atoms with Crippen molar-refractivity contribution in [3.8, 4) is 0 Å². The average molecular weight is 240 g/mol. The molecular formula is C11H16N2O2S. The summed E-state index contributed by atoms with van der Waals surface area (Å²) in [5, 5.41) is 12.1. The molecule has 16 heavy (non-hydrogen) atoms. The number of thiazole rings is 1. The van der Waals surface area contributed by atoms with Gasteiger partial charge >= 0.3 is 5.97 Å². The first-order valence-corrected chi connectivity index (χ1v) is 6.45. The van der Waals surface area contributed by atoms with Gasteiger partial charge in [0.05, 0.1) is 11.6 Å². The summed E-state index contributed by atoms with van der Waals surface area (Å²) in [5.74, 6) is -0.948. The van der Waals surface area contributed by atoms with Gasteiger partial charge < -0.3 is 10.0 Å². The maximum atomic E-state index is 11.0. The minimum Gasteiger partial charge on any atom is -0.481 e. The van der Waals surface area contributed by atoms with Crippen LogP contribution >= 0.6 is 11.3 Å². The predicted octanol–water partition coefficient (Wildman–Crippen LogP) is 2.00. The van der Waals surface area contributed by atoms with E-state index in [-0.39, 0.29) is 12.0 Å². The first-order chi connectivity index (χ1) is 7.63. The standard InChI is InChI=1S/C11H16N2O2S/c1-3-8-6-16-11(12-8)13-5-4-9(7(13)2)10(14)15/h6-7,9H,3-5H2,1-2H3,(H,14,15). The summed E-state index contributed by atoms with van der Waals surface area (Å²) in [5.41, 5.74) is 1.09. The van der Waals surface area contributed by atoms with Crippen LogP contribution < -0.4 is 4.90 Å². The average Bonchev–Trinajstić information content (AvgIpc) is 2.83. The highest BCUT2D eigenvalue weighted by Crippen LogP contribution is 2.31. The summed E-state index contributed by atoms with van der Waals surface area (Å²) in [6.45, 7) is 4.85. The molecular weight excluding hydrogens is 224 g/mol. The largest absolute Gasteiger partial charge is 0.481 e. The van der Waals surface area contributed by atoms with Gasteiger partial charge in [0.25, 0.3) is 0 Å². The second kappa shape index (κ2) is 4.41. The number of rotatable bonds is 3. The minimum absolute atomic E-state index is 0.0494. The van der Waals surface area contributed by atoms with Crippen molar-refractivity contribution in [2.45, 2.75) is 32.7 Å². The van der Waals surface area contributed by atoms with E-state index in [4.69, 9.17) is 5.11 Å². The van der Waals surface area contributed by atoms with Gasteiger partial charge in [0.15, 0.2) is 5.13 Å². The van der Waals surface area contributed by atoms with Crippen LogP contribution in [-0.2, 0) is 11.2 Å². The molecule has 4 nitrogen and oxygen atoms in total. The van der Waals surface area contributed by atoms with Crippen molar-refractivity contribution in [2.75, 3.05) is 11.4 Å². The molecule has 0 spiro atoms. The molecule has 1 aromatic rings. The first kappa shape index (κ1) is 11.4. The number of hydrogen-bond donors (Lipinski definition) is 1. The molecule has 1 saturated heterocycles. The lowest BCUT2D eigenvalue weighted by atomic mass is 10.0. The van der Waals surface area contributed by atoms with Crippen LogP contribution in [0.3, 0.4) is 0 Å². The number of aryl methyl sites for hydroxylation is 1. The van der Waals surface area contributed by atoms with E-state index < -0.39 is 5.97 Å². The van der Waals surface area contributed by atoms with Crippen LogP contribution in [0, 0.1) is 5.92 Å². The SMILES string of the molecule is CCc1csc(N2CCC(C(=O)O)C2C)n1. The zero-order chi connectivity index (χ0) is 11.7. The van der Waals surface area contributed by atoms with Crippen molar-refractivity contribution in [3.05, 3.63) is 11.1 Å². The third-order valence-corrected chi connectivity index (χ3v) is 4.15. The summed E-state index contributed by atoms with van der Waals surface area (Å²) in [6.07, 6.45) is 1.65. The first-order valence-electron chi connectivity index (χ1n) is 5.57. The van der Waals surface area contributed by atoms with Gasteiger partial charge in [-0.05, 0) is 19.8 Å². The van der Waals surface area contributed by atoms with E-state index in [2.05, 4.69) is 22.2 Å². The van der Waals surface area contributed by atoms with Gasteiger partial charge in [-0.15, -0.1) is 11.3 Å². The molecule has 88 valence electrons. The van der Waals surface area contributed by atoms with E-state index in [0.29, 0.717) is 0 Å². The van der Waals surface area contributed by atoms with Crippen LogP contribution in [0.4, 0.5) is 5.13 Å². The number of nitrogens with zero attached hydrogens (tertiary/aromatic N) is 2. The highest BCUT2D eigenvalue weighted by Gasteiger charge is 2.36. The van der Waals surface area contributed by atoms with Gasteiger partial charge in [-0.3, -0.25) is 4.79 Å². The molecule has 2 unspecified atom stereocenters. The number of carbonyl (C=O) groups is 1. The molecule has 2 rings (SSSR count). The molecule has 1 fully saturated rings. The highest BCUT2D eigenvalue weighted by molar-refractivity contribution is 7.13. The number of anilines is 1. The fraction of sp³-hybridized carbons (Fsp3) is 0.636. The molecule has 0 radical (unpaired) electrons. The van der Waals surface area contributed by atoms with Crippen molar-refractivity contribution >= 4 is 22.4 Å². The second-order valence-electron chi connectivity index (χ2n) is 4.14. The van der Waals surface area contributed by atoms with Crippen molar-refractivity contribution in [1.29, 1.82) is 0 Å². The molecule has 0 bridgehead atoms. The Labute approximate surface area is 98.9 Å². The van der Waals surface area contributed by atoms with Crippen LogP contribution in [0.2, 0.25) is 0 Å². The van der Waals surface area contributed by atoms with E-state index in [1.54, 1.807) is 11.3 Å².